The number of nitrogens with one attached hydrogen (secondary N) is 1. The van der Waals surface area contributed by atoms with Gasteiger partial charge in [0, 0.05) is 17.4 Å². The first-order valence-electron chi connectivity index (χ1n) is 7.08. The molecule has 0 atom stereocenters. The number of benzene rings is 1. The summed E-state index contributed by atoms with van der Waals surface area (Å²) in [5, 5.41) is 2.92. The van der Waals surface area contributed by atoms with E-state index in [-0.39, 0.29) is 5.91 Å². The van der Waals surface area contributed by atoms with E-state index >= 15 is 0 Å². The number of nitrogen functional groups attached to an aromatic ring is 1. The van der Waals surface area contributed by atoms with E-state index in [0.29, 0.717) is 18.3 Å². The Bertz CT molecular complexity index is 412. The predicted molar refractivity (Wildman–Crippen MR) is 79.0 cm³/mol. The summed E-state index contributed by atoms with van der Waals surface area (Å²) in [7, 11) is 0. The molecule has 0 bridgehead atoms. The van der Waals surface area contributed by atoms with E-state index in [1.807, 2.05) is 12.1 Å². The molecule has 1 aliphatic rings. The molecule has 0 saturated heterocycles. The van der Waals surface area contributed by atoms with Gasteiger partial charge in [-0.25, -0.2) is 0 Å². The Morgan fingerprint density at radius 1 is 1.37 bits per heavy atom. The molecule has 2 rings (SSSR count). The molecule has 0 aromatic heterocycles. The molecule has 0 heterocycles. The number of unbranched alkanes of at least 4 members (excludes halogenated alkanes) is 1. The van der Waals surface area contributed by atoms with E-state index in [1.54, 1.807) is 12.1 Å². The van der Waals surface area contributed by atoms with E-state index in [2.05, 4.69) is 17.1 Å². The van der Waals surface area contributed by atoms with Gasteiger partial charge in [-0.05, 0) is 50.1 Å². The number of nitrogens with zero attached hydrogens (tertiary/aromatic N) is 1. The molecule has 104 valence electrons. The van der Waals surface area contributed by atoms with Crippen LogP contribution in [0.1, 0.15) is 32.6 Å². The maximum absolute atomic E-state index is 12.0. The second kappa shape index (κ2) is 6.57. The van der Waals surface area contributed by atoms with Gasteiger partial charge in [-0.1, -0.05) is 13.3 Å². The molecule has 1 aromatic rings. The van der Waals surface area contributed by atoms with Gasteiger partial charge in [-0.3, -0.25) is 9.69 Å². The van der Waals surface area contributed by atoms with Gasteiger partial charge in [-0.15, -0.1) is 0 Å². The highest BCUT2D eigenvalue weighted by Gasteiger charge is 2.29. The summed E-state index contributed by atoms with van der Waals surface area (Å²) < 4.78 is 0. The first-order chi connectivity index (χ1) is 9.19. The minimum absolute atomic E-state index is 0.0628. The highest BCUT2D eigenvalue weighted by molar-refractivity contribution is 5.92. The van der Waals surface area contributed by atoms with Crippen molar-refractivity contribution in [1.29, 1.82) is 0 Å². The SMILES string of the molecule is CCCCN(CC(=O)Nc1ccc(N)cc1)C1CC1. The molecule has 0 spiro atoms. The molecule has 4 nitrogen and oxygen atoms in total. The number of hydrogen-bond acceptors (Lipinski definition) is 3. The van der Waals surface area contributed by atoms with Gasteiger partial charge in [-0.2, -0.15) is 0 Å². The number of carbonyl (C=O) groups excluding carboxylic acids is 1. The third-order valence-corrected chi connectivity index (χ3v) is 3.40. The maximum atomic E-state index is 12.0. The lowest BCUT2D eigenvalue weighted by Crippen LogP contribution is -2.35. The van der Waals surface area contributed by atoms with E-state index in [0.717, 1.165) is 18.7 Å². The maximum Gasteiger partial charge on any atom is 0.238 e. The third-order valence-electron chi connectivity index (χ3n) is 3.40. The minimum atomic E-state index is 0.0628. The van der Waals surface area contributed by atoms with Crippen LogP contribution in [0.2, 0.25) is 0 Å². The van der Waals surface area contributed by atoms with Gasteiger partial charge in [0.2, 0.25) is 5.91 Å². The standard InChI is InChI=1S/C15H23N3O/c1-2-3-10-18(14-8-9-14)11-15(19)17-13-6-4-12(16)5-7-13/h4-7,14H,2-3,8-11,16H2,1H3,(H,17,19). The predicted octanol–water partition coefficient (Wildman–Crippen LogP) is 2.47. The average Bonchev–Trinajstić information content (AvgIpc) is 3.21. The summed E-state index contributed by atoms with van der Waals surface area (Å²) in [6.45, 7) is 3.70. The Balaban J connectivity index is 1.83. The van der Waals surface area contributed by atoms with Gasteiger partial charge in [0.25, 0.3) is 0 Å². The summed E-state index contributed by atoms with van der Waals surface area (Å²) >= 11 is 0. The largest absolute Gasteiger partial charge is 0.399 e. The van der Waals surface area contributed by atoms with Crippen LogP contribution < -0.4 is 11.1 Å². The monoisotopic (exact) mass is 261 g/mol. The molecule has 3 N–H and O–H groups in total. The van der Waals surface area contributed by atoms with Gasteiger partial charge >= 0.3 is 0 Å². The van der Waals surface area contributed by atoms with Crippen LogP contribution in [0.15, 0.2) is 24.3 Å². The summed E-state index contributed by atoms with van der Waals surface area (Å²) in [5.41, 5.74) is 7.14. The lowest BCUT2D eigenvalue weighted by atomic mass is 10.2. The van der Waals surface area contributed by atoms with Crippen LogP contribution in [0.5, 0.6) is 0 Å². The quantitative estimate of drug-likeness (QED) is 0.741. The van der Waals surface area contributed by atoms with Gasteiger partial charge in [0.15, 0.2) is 0 Å². The van der Waals surface area contributed by atoms with Crippen molar-refractivity contribution in [2.24, 2.45) is 0 Å². The summed E-state index contributed by atoms with van der Waals surface area (Å²) in [6, 6.07) is 7.89. The summed E-state index contributed by atoms with van der Waals surface area (Å²) in [5.74, 6) is 0.0628. The molecular formula is C15H23N3O. The van der Waals surface area contributed by atoms with E-state index in [4.69, 9.17) is 5.73 Å². The zero-order chi connectivity index (χ0) is 13.7. The first kappa shape index (κ1) is 13.9. The zero-order valence-electron chi connectivity index (χ0n) is 11.6. The molecule has 1 aliphatic carbocycles. The van der Waals surface area contributed by atoms with E-state index in [1.165, 1.54) is 19.3 Å². The molecule has 0 aliphatic heterocycles. The zero-order valence-corrected chi connectivity index (χ0v) is 11.6. The van der Waals surface area contributed by atoms with Crippen molar-refractivity contribution in [3.63, 3.8) is 0 Å². The van der Waals surface area contributed by atoms with Crippen molar-refractivity contribution in [1.82, 2.24) is 4.90 Å². The van der Waals surface area contributed by atoms with Crippen LogP contribution in [0, 0.1) is 0 Å². The van der Waals surface area contributed by atoms with Gasteiger partial charge in [0.1, 0.15) is 0 Å². The second-order valence-corrected chi connectivity index (χ2v) is 5.23. The van der Waals surface area contributed by atoms with Crippen molar-refractivity contribution < 1.29 is 4.79 Å². The van der Waals surface area contributed by atoms with Crippen molar-refractivity contribution in [3.05, 3.63) is 24.3 Å². The number of anilines is 2. The molecule has 1 amide bonds. The average molecular weight is 261 g/mol. The minimum Gasteiger partial charge on any atom is -0.399 e. The Morgan fingerprint density at radius 3 is 2.63 bits per heavy atom. The fraction of sp³-hybridized carbons (Fsp3) is 0.533. The molecule has 19 heavy (non-hydrogen) atoms. The topological polar surface area (TPSA) is 58.4 Å². The Kier molecular flexibility index (Phi) is 4.80. The fourth-order valence-electron chi connectivity index (χ4n) is 2.14. The van der Waals surface area contributed by atoms with Crippen LogP contribution in [-0.4, -0.2) is 29.9 Å². The smallest absolute Gasteiger partial charge is 0.238 e. The van der Waals surface area contributed by atoms with Crippen LogP contribution in [0.4, 0.5) is 11.4 Å². The highest BCUT2D eigenvalue weighted by Crippen LogP contribution is 2.26. The molecule has 4 heteroatoms. The van der Waals surface area contributed by atoms with Crippen LogP contribution in [0.25, 0.3) is 0 Å². The van der Waals surface area contributed by atoms with Crippen molar-refractivity contribution in [3.8, 4) is 0 Å². The number of hydrogen-bond donors (Lipinski definition) is 2. The number of amides is 1. The molecule has 1 aromatic carbocycles. The molecule has 1 fully saturated rings. The van der Waals surface area contributed by atoms with Crippen LogP contribution in [-0.2, 0) is 4.79 Å². The summed E-state index contributed by atoms with van der Waals surface area (Å²) in [6.07, 6.45) is 4.80. The molecule has 0 unspecified atom stereocenters. The van der Waals surface area contributed by atoms with Crippen molar-refractivity contribution in [2.45, 2.75) is 38.6 Å². The first-order valence-corrected chi connectivity index (χ1v) is 7.08. The Hall–Kier alpha value is -1.55. The van der Waals surface area contributed by atoms with Gasteiger partial charge in [0.05, 0.1) is 6.54 Å². The Labute approximate surface area is 115 Å². The number of carbonyl (C=O) groups is 1. The van der Waals surface area contributed by atoms with Crippen LogP contribution >= 0.6 is 0 Å². The van der Waals surface area contributed by atoms with Crippen molar-refractivity contribution in [2.75, 3.05) is 24.1 Å². The summed E-state index contributed by atoms with van der Waals surface area (Å²) in [4.78, 5) is 14.3. The van der Waals surface area contributed by atoms with Crippen molar-refractivity contribution >= 4 is 17.3 Å². The molecule has 1 saturated carbocycles. The number of rotatable bonds is 7. The fourth-order valence-corrected chi connectivity index (χ4v) is 2.14. The normalized spacial score (nSPS) is 14.6. The third kappa shape index (κ3) is 4.56. The van der Waals surface area contributed by atoms with Crippen LogP contribution in [0.3, 0.4) is 0 Å². The number of nitrogens with two attached hydrogens (primary N) is 1. The van der Waals surface area contributed by atoms with E-state index < -0.39 is 0 Å². The van der Waals surface area contributed by atoms with Gasteiger partial charge < -0.3 is 11.1 Å². The lowest BCUT2D eigenvalue weighted by molar-refractivity contribution is -0.117. The molecular weight excluding hydrogens is 238 g/mol. The Morgan fingerprint density at radius 2 is 2.05 bits per heavy atom. The second-order valence-electron chi connectivity index (χ2n) is 5.23. The molecule has 0 radical (unpaired) electrons. The van der Waals surface area contributed by atoms with E-state index in [9.17, 15) is 4.79 Å². The highest BCUT2D eigenvalue weighted by atomic mass is 16.2. The lowest BCUT2D eigenvalue weighted by Gasteiger charge is -2.21.